The van der Waals surface area contributed by atoms with Crippen LogP contribution in [0, 0.1) is 11.8 Å². The van der Waals surface area contributed by atoms with Crippen molar-refractivity contribution in [1.29, 1.82) is 0 Å². The number of rotatable bonds is 2. The molecule has 0 saturated carbocycles. The monoisotopic (exact) mass is 239 g/mol. The molecule has 2 unspecified atom stereocenters. The second-order valence-electron chi connectivity index (χ2n) is 4.81. The number of hydrogen-bond acceptors (Lipinski definition) is 3. The van der Waals surface area contributed by atoms with Crippen molar-refractivity contribution < 1.29 is 0 Å². The van der Waals surface area contributed by atoms with Crippen LogP contribution in [0.5, 0.6) is 0 Å². The summed E-state index contributed by atoms with van der Waals surface area (Å²) in [5, 5.41) is 0.710. The normalized spacial score (nSPS) is 26.2. The summed E-state index contributed by atoms with van der Waals surface area (Å²) in [4.78, 5) is 6.68. The minimum atomic E-state index is 0.541. The summed E-state index contributed by atoms with van der Waals surface area (Å²) < 4.78 is 0. The molecule has 1 saturated heterocycles. The lowest BCUT2D eigenvalue weighted by Crippen LogP contribution is -2.21. The van der Waals surface area contributed by atoms with Crippen molar-refractivity contribution in [1.82, 2.24) is 9.88 Å². The third-order valence-electron chi connectivity index (χ3n) is 3.38. The Hall–Kier alpha value is -0.800. The first-order chi connectivity index (χ1) is 7.56. The van der Waals surface area contributed by atoms with Crippen LogP contribution in [-0.2, 0) is 6.54 Å². The van der Waals surface area contributed by atoms with Crippen LogP contribution in [0.1, 0.15) is 19.5 Å². The summed E-state index contributed by atoms with van der Waals surface area (Å²) in [6.45, 7) is 7.62. The highest BCUT2D eigenvalue weighted by Crippen LogP contribution is 2.25. The van der Waals surface area contributed by atoms with Gasteiger partial charge in [-0.2, -0.15) is 0 Å². The first kappa shape index (κ1) is 11.7. The van der Waals surface area contributed by atoms with E-state index in [1.165, 1.54) is 0 Å². The Morgan fingerprint density at radius 3 is 2.62 bits per heavy atom. The number of nitrogens with two attached hydrogens (primary N) is 1. The molecule has 16 heavy (non-hydrogen) atoms. The molecule has 1 aliphatic rings. The molecule has 1 aromatic heterocycles. The van der Waals surface area contributed by atoms with Crippen molar-refractivity contribution in [3.05, 3.63) is 22.8 Å². The molecule has 2 heterocycles. The van der Waals surface area contributed by atoms with Gasteiger partial charge in [-0.15, -0.1) is 0 Å². The first-order valence-corrected chi connectivity index (χ1v) is 6.07. The molecule has 88 valence electrons. The van der Waals surface area contributed by atoms with Gasteiger partial charge < -0.3 is 5.73 Å². The van der Waals surface area contributed by atoms with Crippen molar-refractivity contribution in [2.24, 2.45) is 11.8 Å². The number of pyridine rings is 1. The molecule has 1 aliphatic heterocycles. The quantitative estimate of drug-likeness (QED) is 0.862. The Morgan fingerprint density at radius 1 is 1.38 bits per heavy atom. The molecule has 0 aliphatic carbocycles. The van der Waals surface area contributed by atoms with Gasteiger partial charge in [0.25, 0.3) is 0 Å². The Labute approximate surface area is 102 Å². The fourth-order valence-electron chi connectivity index (χ4n) is 2.20. The standard InChI is InChI=1S/C12H18ClN3/c1-8-5-16(6-9(8)2)7-11-10(13)3-4-12(14)15-11/h3-4,8-9H,5-7H2,1-2H3,(H2,14,15). The van der Waals surface area contributed by atoms with Gasteiger partial charge in [0, 0.05) is 19.6 Å². The molecular formula is C12H18ClN3. The maximum atomic E-state index is 6.10. The van der Waals surface area contributed by atoms with Crippen LogP contribution in [0.4, 0.5) is 5.82 Å². The number of nitrogens with zero attached hydrogens (tertiary/aromatic N) is 2. The Balaban J connectivity index is 2.07. The first-order valence-electron chi connectivity index (χ1n) is 5.69. The lowest BCUT2D eigenvalue weighted by atomic mass is 10.0. The van der Waals surface area contributed by atoms with E-state index in [1.54, 1.807) is 6.07 Å². The molecule has 1 aromatic rings. The fraction of sp³-hybridized carbons (Fsp3) is 0.583. The van der Waals surface area contributed by atoms with Gasteiger partial charge in [0.05, 0.1) is 10.7 Å². The van der Waals surface area contributed by atoms with E-state index in [-0.39, 0.29) is 0 Å². The second-order valence-corrected chi connectivity index (χ2v) is 5.22. The third-order valence-corrected chi connectivity index (χ3v) is 3.72. The lowest BCUT2D eigenvalue weighted by Gasteiger charge is -2.15. The predicted octanol–water partition coefficient (Wildman–Crippen LogP) is 2.41. The van der Waals surface area contributed by atoms with Crippen molar-refractivity contribution in [2.45, 2.75) is 20.4 Å². The topological polar surface area (TPSA) is 42.2 Å². The van der Waals surface area contributed by atoms with Gasteiger partial charge in [-0.05, 0) is 24.0 Å². The van der Waals surface area contributed by atoms with Crippen LogP contribution in [0.2, 0.25) is 5.02 Å². The SMILES string of the molecule is CC1CN(Cc2nc(N)ccc2Cl)CC1C. The molecule has 0 radical (unpaired) electrons. The van der Waals surface area contributed by atoms with Crippen LogP contribution in [-0.4, -0.2) is 23.0 Å². The number of hydrogen-bond donors (Lipinski definition) is 1. The van der Waals surface area contributed by atoms with E-state index in [0.29, 0.717) is 10.8 Å². The molecule has 2 N–H and O–H groups in total. The summed E-state index contributed by atoms with van der Waals surface area (Å²) >= 11 is 6.10. The van der Waals surface area contributed by atoms with Crippen LogP contribution >= 0.6 is 11.6 Å². The Bertz CT molecular complexity index is 371. The average Bonchev–Trinajstić information content (AvgIpc) is 2.52. The fourth-order valence-corrected chi connectivity index (χ4v) is 2.37. The van der Waals surface area contributed by atoms with E-state index in [4.69, 9.17) is 17.3 Å². The minimum Gasteiger partial charge on any atom is -0.384 e. The molecular weight excluding hydrogens is 222 g/mol. The van der Waals surface area contributed by atoms with E-state index in [0.717, 1.165) is 37.2 Å². The largest absolute Gasteiger partial charge is 0.384 e. The van der Waals surface area contributed by atoms with Gasteiger partial charge >= 0.3 is 0 Å². The van der Waals surface area contributed by atoms with Crippen LogP contribution < -0.4 is 5.73 Å². The summed E-state index contributed by atoms with van der Waals surface area (Å²) in [5.74, 6) is 2.04. The molecule has 0 bridgehead atoms. The van der Waals surface area contributed by atoms with Crippen molar-refractivity contribution in [3.63, 3.8) is 0 Å². The van der Waals surface area contributed by atoms with Crippen molar-refractivity contribution in [3.8, 4) is 0 Å². The maximum absolute atomic E-state index is 6.10. The van der Waals surface area contributed by atoms with E-state index in [9.17, 15) is 0 Å². The highest BCUT2D eigenvalue weighted by atomic mass is 35.5. The van der Waals surface area contributed by atoms with Gasteiger partial charge in [-0.3, -0.25) is 4.90 Å². The minimum absolute atomic E-state index is 0.541. The second kappa shape index (κ2) is 4.60. The highest BCUT2D eigenvalue weighted by molar-refractivity contribution is 6.31. The van der Waals surface area contributed by atoms with Crippen molar-refractivity contribution >= 4 is 17.4 Å². The van der Waals surface area contributed by atoms with Gasteiger partial charge in [0.15, 0.2) is 0 Å². The molecule has 0 spiro atoms. The van der Waals surface area contributed by atoms with E-state index in [2.05, 4.69) is 23.7 Å². The summed E-state index contributed by atoms with van der Waals surface area (Å²) in [5.41, 5.74) is 6.56. The van der Waals surface area contributed by atoms with Crippen LogP contribution in [0.25, 0.3) is 0 Å². The van der Waals surface area contributed by atoms with Gasteiger partial charge in [0.2, 0.25) is 0 Å². The predicted molar refractivity (Wildman–Crippen MR) is 67.3 cm³/mol. The van der Waals surface area contributed by atoms with Crippen LogP contribution in [0.3, 0.4) is 0 Å². The number of anilines is 1. The van der Waals surface area contributed by atoms with Gasteiger partial charge in [0.1, 0.15) is 5.82 Å². The van der Waals surface area contributed by atoms with E-state index in [1.807, 2.05) is 6.07 Å². The Kier molecular flexibility index (Phi) is 3.36. The molecule has 0 aromatic carbocycles. The summed E-state index contributed by atoms with van der Waals surface area (Å²) in [7, 11) is 0. The highest BCUT2D eigenvalue weighted by Gasteiger charge is 2.26. The lowest BCUT2D eigenvalue weighted by molar-refractivity contribution is 0.312. The van der Waals surface area contributed by atoms with Crippen LogP contribution in [0.15, 0.2) is 12.1 Å². The average molecular weight is 240 g/mol. The third kappa shape index (κ3) is 2.47. The molecule has 1 fully saturated rings. The van der Waals surface area contributed by atoms with E-state index < -0.39 is 0 Å². The molecule has 3 nitrogen and oxygen atoms in total. The maximum Gasteiger partial charge on any atom is 0.123 e. The molecule has 2 atom stereocenters. The summed E-state index contributed by atoms with van der Waals surface area (Å²) in [6.07, 6.45) is 0. The van der Waals surface area contributed by atoms with Crippen molar-refractivity contribution in [2.75, 3.05) is 18.8 Å². The zero-order valence-electron chi connectivity index (χ0n) is 9.78. The number of aromatic nitrogens is 1. The molecule has 2 rings (SSSR count). The van der Waals surface area contributed by atoms with E-state index >= 15 is 0 Å². The van der Waals surface area contributed by atoms with Gasteiger partial charge in [-0.25, -0.2) is 4.98 Å². The number of halogens is 1. The number of likely N-dealkylation sites (tertiary alicyclic amines) is 1. The zero-order valence-corrected chi connectivity index (χ0v) is 10.5. The smallest absolute Gasteiger partial charge is 0.123 e. The number of nitrogen functional groups attached to an aromatic ring is 1. The zero-order chi connectivity index (χ0) is 11.7. The molecule has 4 heteroatoms. The summed E-state index contributed by atoms with van der Waals surface area (Å²) in [6, 6.07) is 3.56. The molecule has 0 amide bonds. The van der Waals surface area contributed by atoms with Gasteiger partial charge in [-0.1, -0.05) is 25.4 Å². The Morgan fingerprint density at radius 2 is 2.00 bits per heavy atom.